The van der Waals surface area contributed by atoms with Crippen LogP contribution in [0.5, 0.6) is 0 Å². The van der Waals surface area contributed by atoms with Gasteiger partial charge in [-0.05, 0) is 49.4 Å². The zero-order valence-corrected chi connectivity index (χ0v) is 59.1. The Kier molecular flexibility index (Phi) is 57.6. The molecule has 0 amide bonds. The first kappa shape index (κ1) is 86.1. The zero-order valence-electron chi connectivity index (χ0n) is 57.3. The van der Waals surface area contributed by atoms with E-state index in [0.29, 0.717) is 37.5 Å². The standard InChI is InChI=1S/C69H134O17P2/c1-59(2)45-37-29-21-16-12-9-10-14-19-25-35-43-51-68(73)85-64(55-80-67(72)50-42-34-26-20-23-31-39-47-61(5)6)57-83-87(75,76)81-53-63(70)54-82-88(77,78)84-58-65(86-69(74)52-44-36-28-27-32-40-48-62(7)8)56-79-66(71)49-41-33-24-18-15-11-13-17-22-30-38-46-60(3)4/h59-65,70H,9-58H2,1-8H3,(H,75,76)(H,77,78)/t63?,64-,65-/m1/s1. The molecule has 0 aromatic heterocycles. The van der Waals surface area contributed by atoms with Gasteiger partial charge < -0.3 is 33.8 Å². The molecular formula is C69H134O17P2. The van der Waals surface area contributed by atoms with Crippen LogP contribution < -0.4 is 0 Å². The highest BCUT2D eigenvalue weighted by molar-refractivity contribution is 7.47. The highest BCUT2D eigenvalue weighted by Crippen LogP contribution is 2.45. The summed E-state index contributed by atoms with van der Waals surface area (Å²) in [6.07, 6.45) is 40.5. The number of aliphatic hydroxyl groups is 1. The molecule has 0 aromatic carbocycles. The first-order valence-corrected chi connectivity index (χ1v) is 38.7. The average Bonchev–Trinajstić information content (AvgIpc) is 3.51. The zero-order chi connectivity index (χ0) is 65.4. The number of carbonyl (C=O) groups is 4. The fraction of sp³-hybridized carbons (Fsp3) is 0.942. The van der Waals surface area contributed by atoms with Crippen LogP contribution in [0.3, 0.4) is 0 Å². The van der Waals surface area contributed by atoms with Crippen molar-refractivity contribution < 1.29 is 80.2 Å². The summed E-state index contributed by atoms with van der Waals surface area (Å²) in [6.45, 7) is 14.0. The van der Waals surface area contributed by atoms with Crippen LogP contribution >= 0.6 is 15.6 Å². The molecule has 5 atom stereocenters. The molecule has 0 aliphatic heterocycles. The van der Waals surface area contributed by atoms with E-state index in [1.807, 2.05) is 0 Å². The van der Waals surface area contributed by atoms with Gasteiger partial charge >= 0.3 is 39.5 Å². The fourth-order valence-electron chi connectivity index (χ4n) is 10.3. The molecule has 0 fully saturated rings. The summed E-state index contributed by atoms with van der Waals surface area (Å²) in [4.78, 5) is 72.4. The molecule has 19 heteroatoms. The van der Waals surface area contributed by atoms with Gasteiger partial charge in [0.1, 0.15) is 19.3 Å². The largest absolute Gasteiger partial charge is 0.472 e. The van der Waals surface area contributed by atoms with Crippen molar-refractivity contribution in [3.8, 4) is 0 Å². The number of hydrogen-bond acceptors (Lipinski definition) is 15. The van der Waals surface area contributed by atoms with Gasteiger partial charge in [0.05, 0.1) is 26.4 Å². The molecular weight excluding hydrogens is 1160 g/mol. The summed E-state index contributed by atoms with van der Waals surface area (Å²) in [6, 6.07) is 0. The van der Waals surface area contributed by atoms with Crippen molar-refractivity contribution in [2.24, 2.45) is 23.7 Å². The Labute approximate surface area is 537 Å². The van der Waals surface area contributed by atoms with Crippen molar-refractivity contribution in [1.82, 2.24) is 0 Å². The quantitative estimate of drug-likeness (QED) is 0.0222. The van der Waals surface area contributed by atoms with Gasteiger partial charge in [0, 0.05) is 25.7 Å². The van der Waals surface area contributed by atoms with Gasteiger partial charge in [-0.2, -0.15) is 0 Å². The highest BCUT2D eigenvalue weighted by atomic mass is 31.2. The molecule has 3 unspecified atom stereocenters. The van der Waals surface area contributed by atoms with Gasteiger partial charge in [-0.25, -0.2) is 9.13 Å². The predicted molar refractivity (Wildman–Crippen MR) is 354 cm³/mol. The van der Waals surface area contributed by atoms with Crippen LogP contribution in [0.2, 0.25) is 0 Å². The number of ether oxygens (including phenoxy) is 4. The minimum Gasteiger partial charge on any atom is -0.462 e. The third kappa shape index (κ3) is 62.8. The van der Waals surface area contributed by atoms with Crippen molar-refractivity contribution in [2.75, 3.05) is 39.6 Å². The molecule has 0 aromatic rings. The van der Waals surface area contributed by atoms with E-state index in [0.717, 1.165) is 108 Å². The second kappa shape index (κ2) is 58.8. The van der Waals surface area contributed by atoms with Crippen LogP contribution in [-0.2, 0) is 65.4 Å². The van der Waals surface area contributed by atoms with Crippen LogP contribution in [0.1, 0.15) is 338 Å². The third-order valence-electron chi connectivity index (χ3n) is 15.8. The van der Waals surface area contributed by atoms with E-state index < -0.39 is 97.5 Å². The van der Waals surface area contributed by atoms with Crippen molar-refractivity contribution in [1.29, 1.82) is 0 Å². The molecule has 0 saturated carbocycles. The Balaban J connectivity index is 5.22. The van der Waals surface area contributed by atoms with Crippen LogP contribution in [-0.4, -0.2) is 96.7 Å². The normalized spacial score (nSPS) is 14.3. The topological polar surface area (TPSA) is 237 Å². The summed E-state index contributed by atoms with van der Waals surface area (Å²) in [5, 5.41) is 10.6. The van der Waals surface area contributed by atoms with E-state index in [1.54, 1.807) is 0 Å². The number of rotatable bonds is 66. The molecule has 0 spiro atoms. The molecule has 17 nitrogen and oxygen atoms in total. The summed E-state index contributed by atoms with van der Waals surface area (Å²) >= 11 is 0. The smallest absolute Gasteiger partial charge is 0.462 e. The van der Waals surface area contributed by atoms with Crippen molar-refractivity contribution >= 4 is 39.5 Å². The molecule has 0 bridgehead atoms. The summed E-state index contributed by atoms with van der Waals surface area (Å²) in [7, 11) is -9.90. The van der Waals surface area contributed by atoms with Gasteiger partial charge in [0.15, 0.2) is 12.2 Å². The van der Waals surface area contributed by atoms with E-state index in [9.17, 15) is 43.2 Å². The SMILES string of the molecule is CC(C)CCCCCCCCCCCCCCC(=O)O[C@H](COC(=O)CCCCCCCCCC(C)C)COP(=O)(O)OCC(O)COP(=O)(O)OC[C@@H](COC(=O)CCCCCCCCCCCCCC(C)C)OC(=O)CCCCCCCCC(C)C. The Morgan fingerprint density at radius 2 is 0.477 bits per heavy atom. The number of phosphoric acid groups is 2. The monoisotopic (exact) mass is 1300 g/mol. The van der Waals surface area contributed by atoms with Gasteiger partial charge in [-0.15, -0.1) is 0 Å². The molecule has 88 heavy (non-hydrogen) atoms. The van der Waals surface area contributed by atoms with Gasteiger partial charge in [-0.1, -0.05) is 287 Å². The molecule has 522 valence electrons. The number of unbranched alkanes of at least 4 members (excludes halogenated alkanes) is 32. The van der Waals surface area contributed by atoms with Gasteiger partial charge in [-0.3, -0.25) is 37.3 Å². The van der Waals surface area contributed by atoms with Crippen LogP contribution in [0.4, 0.5) is 0 Å². The number of phosphoric ester groups is 2. The maximum absolute atomic E-state index is 13.0. The number of hydrogen-bond donors (Lipinski definition) is 3. The van der Waals surface area contributed by atoms with E-state index in [4.69, 9.17) is 37.0 Å². The van der Waals surface area contributed by atoms with E-state index in [2.05, 4.69) is 55.4 Å². The Morgan fingerprint density at radius 1 is 0.284 bits per heavy atom. The fourth-order valence-corrected chi connectivity index (χ4v) is 11.9. The Bertz CT molecular complexity index is 1750. The van der Waals surface area contributed by atoms with Crippen molar-refractivity contribution in [3.63, 3.8) is 0 Å². The van der Waals surface area contributed by atoms with Crippen LogP contribution in [0.25, 0.3) is 0 Å². The van der Waals surface area contributed by atoms with Crippen molar-refractivity contribution in [3.05, 3.63) is 0 Å². The van der Waals surface area contributed by atoms with Gasteiger partial charge in [0.25, 0.3) is 0 Å². The minimum absolute atomic E-state index is 0.101. The number of aliphatic hydroxyl groups excluding tert-OH is 1. The van der Waals surface area contributed by atoms with Crippen molar-refractivity contribution in [2.45, 2.75) is 356 Å². The summed E-state index contributed by atoms with van der Waals surface area (Å²) < 4.78 is 68.2. The lowest BCUT2D eigenvalue weighted by Crippen LogP contribution is -2.30. The first-order chi connectivity index (χ1) is 42.1. The van der Waals surface area contributed by atoms with E-state index >= 15 is 0 Å². The minimum atomic E-state index is -4.95. The van der Waals surface area contributed by atoms with E-state index in [1.165, 1.54) is 135 Å². The molecule has 0 rings (SSSR count). The molecule has 0 radical (unpaired) electrons. The third-order valence-corrected chi connectivity index (χ3v) is 17.7. The average molecular weight is 1300 g/mol. The molecule has 0 aliphatic carbocycles. The number of esters is 4. The highest BCUT2D eigenvalue weighted by Gasteiger charge is 2.30. The lowest BCUT2D eigenvalue weighted by molar-refractivity contribution is -0.161. The maximum atomic E-state index is 13.0. The predicted octanol–water partition coefficient (Wildman–Crippen LogP) is 19.3. The summed E-state index contributed by atoms with van der Waals surface area (Å²) in [5.41, 5.74) is 0. The molecule has 3 N–H and O–H groups in total. The molecule has 0 heterocycles. The number of carbonyl (C=O) groups excluding carboxylic acids is 4. The Hall–Kier alpha value is -1.94. The van der Waals surface area contributed by atoms with Crippen LogP contribution in [0, 0.1) is 23.7 Å². The lowest BCUT2D eigenvalue weighted by atomic mass is 10.0. The Morgan fingerprint density at radius 3 is 0.705 bits per heavy atom. The second-order valence-electron chi connectivity index (χ2n) is 26.8. The molecule has 0 saturated heterocycles. The first-order valence-electron chi connectivity index (χ1n) is 35.7. The van der Waals surface area contributed by atoms with Crippen LogP contribution in [0.15, 0.2) is 0 Å². The van der Waals surface area contributed by atoms with Gasteiger partial charge in [0.2, 0.25) is 0 Å². The summed E-state index contributed by atoms with van der Waals surface area (Å²) in [5.74, 6) is 0.787. The van der Waals surface area contributed by atoms with E-state index in [-0.39, 0.29) is 25.7 Å². The maximum Gasteiger partial charge on any atom is 0.472 e. The lowest BCUT2D eigenvalue weighted by Gasteiger charge is -2.21. The second-order valence-corrected chi connectivity index (χ2v) is 29.7. The molecule has 0 aliphatic rings.